The van der Waals surface area contributed by atoms with E-state index < -0.39 is 0 Å². The number of likely N-dealkylation sites (N-methyl/N-ethyl adjacent to an activating group) is 1. The van der Waals surface area contributed by atoms with Crippen molar-refractivity contribution in [2.45, 2.75) is 45.6 Å². The van der Waals surface area contributed by atoms with E-state index in [9.17, 15) is 4.79 Å². The number of hydrogen-bond donors (Lipinski definition) is 2. The summed E-state index contributed by atoms with van der Waals surface area (Å²) in [6.07, 6.45) is 2.36. The molecular weight excluding hydrogens is 323 g/mol. The minimum Gasteiger partial charge on any atom is -0.349 e. The third-order valence-corrected chi connectivity index (χ3v) is 4.72. The van der Waals surface area contributed by atoms with Crippen LogP contribution in [-0.2, 0) is 4.79 Å². The molecule has 0 aromatic carbocycles. The summed E-state index contributed by atoms with van der Waals surface area (Å²) < 4.78 is 0. The van der Waals surface area contributed by atoms with Crippen LogP contribution in [0.5, 0.6) is 0 Å². The number of hydrogen-bond acceptors (Lipinski definition) is 4. The summed E-state index contributed by atoms with van der Waals surface area (Å²) in [4.78, 5) is 16.9. The van der Waals surface area contributed by atoms with Crippen LogP contribution in [0.3, 0.4) is 0 Å². The summed E-state index contributed by atoms with van der Waals surface area (Å²) in [6.45, 7) is 13.3. The molecule has 7 heteroatoms. The van der Waals surface area contributed by atoms with Crippen molar-refractivity contribution in [3.05, 3.63) is 0 Å². The Morgan fingerprint density at radius 1 is 1.05 bits per heavy atom. The average molecular weight is 357 g/mol. The zero-order valence-electron chi connectivity index (χ0n) is 14.3. The highest BCUT2D eigenvalue weighted by Crippen LogP contribution is 2.13. The summed E-state index contributed by atoms with van der Waals surface area (Å²) in [5, 5.41) is 3.14. The molecule has 1 fully saturated rings. The van der Waals surface area contributed by atoms with E-state index in [2.05, 4.69) is 35.9 Å². The summed E-state index contributed by atoms with van der Waals surface area (Å²) in [5.41, 5.74) is 5.61. The van der Waals surface area contributed by atoms with Gasteiger partial charge in [0.15, 0.2) is 0 Å². The second-order valence-electron chi connectivity index (χ2n) is 5.77. The highest BCUT2D eigenvalue weighted by atomic mass is 35.5. The second-order valence-corrected chi connectivity index (χ2v) is 5.77. The lowest BCUT2D eigenvalue weighted by Gasteiger charge is -2.35. The van der Waals surface area contributed by atoms with Crippen LogP contribution in [0.1, 0.15) is 40.0 Å². The van der Waals surface area contributed by atoms with Crippen LogP contribution in [0.2, 0.25) is 0 Å². The number of carbonyl (C=O) groups excluding carboxylic acids is 1. The number of halogens is 2. The third-order valence-electron chi connectivity index (χ3n) is 4.72. The zero-order valence-corrected chi connectivity index (χ0v) is 15.9. The first kappa shape index (κ1) is 24.2. The molecule has 0 atom stereocenters. The predicted molar refractivity (Wildman–Crippen MR) is 98.2 cm³/mol. The van der Waals surface area contributed by atoms with Crippen molar-refractivity contribution >= 4 is 30.7 Å². The number of rotatable bonds is 8. The van der Waals surface area contributed by atoms with Crippen molar-refractivity contribution in [3.8, 4) is 0 Å². The largest absolute Gasteiger partial charge is 0.349 e. The summed E-state index contributed by atoms with van der Waals surface area (Å²) in [6, 6.07) is 0. The lowest BCUT2D eigenvalue weighted by Crippen LogP contribution is -2.53. The van der Waals surface area contributed by atoms with Gasteiger partial charge in [0.25, 0.3) is 0 Å². The quantitative estimate of drug-likeness (QED) is 0.691. The predicted octanol–water partition coefficient (Wildman–Crippen LogP) is 1.49. The van der Waals surface area contributed by atoms with Gasteiger partial charge in [-0.3, -0.25) is 4.79 Å². The van der Waals surface area contributed by atoms with Crippen LogP contribution in [-0.4, -0.2) is 67.1 Å². The number of nitrogens with two attached hydrogens (primary N) is 1. The molecule has 0 saturated carbocycles. The van der Waals surface area contributed by atoms with Crippen molar-refractivity contribution in [1.82, 2.24) is 15.1 Å². The molecule has 0 aromatic heterocycles. The Balaban J connectivity index is 0. The number of nitrogens with one attached hydrogen (secondary N) is 1. The molecule has 0 spiro atoms. The van der Waals surface area contributed by atoms with E-state index in [4.69, 9.17) is 5.73 Å². The summed E-state index contributed by atoms with van der Waals surface area (Å²) in [7, 11) is 0. The van der Waals surface area contributed by atoms with E-state index in [0.29, 0.717) is 13.0 Å². The first-order chi connectivity index (χ1) is 9.59. The van der Waals surface area contributed by atoms with Crippen LogP contribution in [0.25, 0.3) is 0 Å². The van der Waals surface area contributed by atoms with Gasteiger partial charge in [-0.25, -0.2) is 0 Å². The first-order valence-electron chi connectivity index (χ1n) is 8.05. The van der Waals surface area contributed by atoms with Gasteiger partial charge in [0.05, 0.1) is 5.54 Å². The fourth-order valence-electron chi connectivity index (χ4n) is 2.71. The minimum absolute atomic E-state index is 0. The number of amides is 1. The molecule has 3 N–H and O–H groups in total. The number of piperazine rings is 1. The molecule has 0 aliphatic carbocycles. The van der Waals surface area contributed by atoms with E-state index in [1.54, 1.807) is 0 Å². The molecule has 0 unspecified atom stereocenters. The number of carbonyl (C=O) groups is 1. The maximum Gasteiger partial charge on any atom is 0.221 e. The Morgan fingerprint density at radius 3 is 1.95 bits per heavy atom. The summed E-state index contributed by atoms with van der Waals surface area (Å²) in [5.74, 6) is 0.136. The van der Waals surface area contributed by atoms with E-state index >= 15 is 0 Å². The Morgan fingerprint density at radius 2 is 1.55 bits per heavy atom. The number of nitrogens with zero attached hydrogens (tertiary/aromatic N) is 2. The second kappa shape index (κ2) is 12.4. The molecule has 5 nitrogen and oxygen atoms in total. The van der Waals surface area contributed by atoms with Crippen LogP contribution in [0.4, 0.5) is 0 Å². The SMILES string of the molecule is CCN1CCN(CCC(=O)NC(CC)(CC)CN)CC1.Cl.Cl. The molecule has 1 aliphatic heterocycles. The monoisotopic (exact) mass is 356 g/mol. The van der Waals surface area contributed by atoms with E-state index in [-0.39, 0.29) is 36.3 Å². The molecule has 134 valence electrons. The highest BCUT2D eigenvalue weighted by Gasteiger charge is 2.26. The van der Waals surface area contributed by atoms with Crippen LogP contribution < -0.4 is 11.1 Å². The summed E-state index contributed by atoms with van der Waals surface area (Å²) >= 11 is 0. The molecule has 1 heterocycles. The first-order valence-corrected chi connectivity index (χ1v) is 8.05. The molecule has 1 saturated heterocycles. The smallest absolute Gasteiger partial charge is 0.221 e. The van der Waals surface area contributed by atoms with E-state index in [0.717, 1.165) is 52.1 Å². The molecule has 0 bridgehead atoms. The average Bonchev–Trinajstić information content (AvgIpc) is 2.51. The Kier molecular flexibility index (Phi) is 13.6. The van der Waals surface area contributed by atoms with Crippen molar-refractivity contribution in [2.75, 3.05) is 45.8 Å². The lowest BCUT2D eigenvalue weighted by atomic mass is 9.93. The molecule has 1 rings (SSSR count). The standard InChI is InChI=1S/C15H32N4O.2ClH/c1-4-15(5-2,13-16)17-14(20)7-8-19-11-9-18(6-3)10-12-19;;/h4-13,16H2,1-3H3,(H,17,20);2*1H. The van der Waals surface area contributed by atoms with Gasteiger partial charge in [-0.1, -0.05) is 20.8 Å². The van der Waals surface area contributed by atoms with Gasteiger partial charge in [-0.2, -0.15) is 0 Å². The Hall–Kier alpha value is -0.0700. The van der Waals surface area contributed by atoms with E-state index in [1.165, 1.54) is 0 Å². The maximum absolute atomic E-state index is 12.1. The van der Waals surface area contributed by atoms with Crippen molar-refractivity contribution in [3.63, 3.8) is 0 Å². The van der Waals surface area contributed by atoms with Crippen molar-refractivity contribution in [2.24, 2.45) is 5.73 Å². The van der Waals surface area contributed by atoms with Crippen LogP contribution >= 0.6 is 24.8 Å². The van der Waals surface area contributed by atoms with Gasteiger partial charge in [0, 0.05) is 45.7 Å². The van der Waals surface area contributed by atoms with Crippen LogP contribution in [0, 0.1) is 0 Å². The van der Waals surface area contributed by atoms with E-state index in [1.807, 2.05) is 0 Å². The Bertz CT molecular complexity index is 285. The van der Waals surface area contributed by atoms with Gasteiger partial charge in [-0.05, 0) is 19.4 Å². The molecule has 1 amide bonds. The maximum atomic E-state index is 12.1. The minimum atomic E-state index is -0.210. The van der Waals surface area contributed by atoms with Gasteiger partial charge in [0.2, 0.25) is 5.91 Å². The normalized spacial score (nSPS) is 16.5. The molecule has 0 aromatic rings. The molecular formula is C15H34Cl2N4O. The molecule has 0 radical (unpaired) electrons. The third kappa shape index (κ3) is 7.47. The molecule has 22 heavy (non-hydrogen) atoms. The van der Waals surface area contributed by atoms with Crippen LogP contribution in [0.15, 0.2) is 0 Å². The highest BCUT2D eigenvalue weighted by molar-refractivity contribution is 5.85. The zero-order chi connectivity index (χ0) is 15.0. The lowest BCUT2D eigenvalue weighted by molar-refractivity contribution is -0.123. The van der Waals surface area contributed by atoms with Crippen molar-refractivity contribution < 1.29 is 4.79 Å². The van der Waals surface area contributed by atoms with Gasteiger partial charge in [-0.15, -0.1) is 24.8 Å². The molecule has 1 aliphatic rings. The van der Waals surface area contributed by atoms with Crippen molar-refractivity contribution in [1.29, 1.82) is 0 Å². The van der Waals surface area contributed by atoms with Gasteiger partial charge >= 0.3 is 0 Å². The fourth-order valence-corrected chi connectivity index (χ4v) is 2.71. The van der Waals surface area contributed by atoms with Gasteiger partial charge in [0.1, 0.15) is 0 Å². The Labute approximate surface area is 148 Å². The topological polar surface area (TPSA) is 61.6 Å². The van der Waals surface area contributed by atoms with Gasteiger partial charge < -0.3 is 20.9 Å². The fraction of sp³-hybridized carbons (Fsp3) is 0.933.